The molecule has 0 amide bonds. The van der Waals surface area contributed by atoms with Crippen LogP contribution in [0.25, 0.3) is 0 Å². The van der Waals surface area contributed by atoms with E-state index in [0.29, 0.717) is 4.57 Å². The Balaban J connectivity index is 2.34. The normalized spacial score (nSPS) is 32.4. The van der Waals surface area contributed by atoms with Crippen LogP contribution in [-0.4, -0.2) is 61.6 Å². The fourth-order valence-electron chi connectivity index (χ4n) is 2.30. The molecule has 2 heterocycles. The molecule has 10 nitrogen and oxygen atoms in total. The molecule has 152 valence electrons. The lowest BCUT2D eigenvalue weighted by Crippen LogP contribution is -2.46. The van der Waals surface area contributed by atoms with Crippen LogP contribution in [0.2, 0.25) is 0 Å². The molecule has 0 spiro atoms. The fraction of sp³-hybridized carbons (Fsp3) is 0.667. The number of carbonyl (C=O) groups is 1. The second-order valence-electron chi connectivity index (χ2n) is 6.44. The van der Waals surface area contributed by atoms with E-state index in [-0.39, 0.29) is 16.1 Å². The van der Waals surface area contributed by atoms with Crippen LogP contribution in [-0.2, 0) is 20.9 Å². The van der Waals surface area contributed by atoms with Gasteiger partial charge in [-0.15, -0.1) is 0 Å². The highest BCUT2D eigenvalue weighted by Crippen LogP contribution is 2.38. The van der Waals surface area contributed by atoms with Gasteiger partial charge in [0.2, 0.25) is 0 Å². The SMILES string of the molecule is [2H][C@@]1(n2cc(CO)c(=S)[nH]c2=O)O[C@](F)(COC(=O)[C@@H](N)C(C)C)[C@@H](O)[C@H]1O. The van der Waals surface area contributed by atoms with Gasteiger partial charge < -0.3 is 30.5 Å². The summed E-state index contributed by atoms with van der Waals surface area (Å²) in [4.78, 5) is 26.1. The number of aliphatic hydroxyl groups is 3. The number of nitrogens with zero attached hydrogens (tertiary/aromatic N) is 1. The molecule has 0 aliphatic carbocycles. The zero-order chi connectivity index (χ0) is 21.4. The van der Waals surface area contributed by atoms with Crippen molar-refractivity contribution in [2.45, 2.75) is 50.8 Å². The number of hydrogen-bond acceptors (Lipinski definition) is 9. The van der Waals surface area contributed by atoms with Gasteiger partial charge in [-0.3, -0.25) is 14.3 Å². The van der Waals surface area contributed by atoms with Crippen molar-refractivity contribution in [1.29, 1.82) is 0 Å². The van der Waals surface area contributed by atoms with Gasteiger partial charge in [-0.25, -0.2) is 9.18 Å². The Labute approximate surface area is 159 Å². The Kier molecular flexibility index (Phi) is 6.03. The van der Waals surface area contributed by atoms with E-state index >= 15 is 4.39 Å². The van der Waals surface area contributed by atoms with Gasteiger partial charge in [0.15, 0.2) is 12.8 Å². The lowest BCUT2D eigenvalue weighted by molar-refractivity contribution is -0.217. The molecule has 5 atom stereocenters. The van der Waals surface area contributed by atoms with Crippen LogP contribution in [0.3, 0.4) is 0 Å². The minimum absolute atomic E-state index is 0.00259. The molecule has 0 bridgehead atoms. The Morgan fingerprint density at radius 2 is 2.26 bits per heavy atom. The van der Waals surface area contributed by atoms with Crippen molar-refractivity contribution in [2.75, 3.05) is 6.61 Å². The highest BCUT2D eigenvalue weighted by molar-refractivity contribution is 7.71. The maximum Gasteiger partial charge on any atom is 0.328 e. The van der Waals surface area contributed by atoms with Crippen molar-refractivity contribution >= 4 is 18.2 Å². The van der Waals surface area contributed by atoms with Gasteiger partial charge >= 0.3 is 11.7 Å². The number of rotatable bonds is 6. The second-order valence-corrected chi connectivity index (χ2v) is 6.84. The molecular weight excluding hydrogens is 385 g/mol. The van der Waals surface area contributed by atoms with Crippen molar-refractivity contribution in [2.24, 2.45) is 11.7 Å². The summed E-state index contributed by atoms with van der Waals surface area (Å²) in [5.74, 6) is -4.47. The highest BCUT2D eigenvalue weighted by Gasteiger charge is 2.57. The predicted molar refractivity (Wildman–Crippen MR) is 91.6 cm³/mol. The van der Waals surface area contributed by atoms with E-state index in [1.807, 2.05) is 0 Å². The number of aromatic amines is 1. The highest BCUT2D eigenvalue weighted by atomic mass is 32.1. The van der Waals surface area contributed by atoms with E-state index in [0.717, 1.165) is 6.20 Å². The van der Waals surface area contributed by atoms with Crippen LogP contribution in [0.1, 0.15) is 27.0 Å². The number of ether oxygens (including phenoxy) is 2. The Morgan fingerprint density at radius 3 is 2.81 bits per heavy atom. The molecular formula is C15H22FN3O7S. The van der Waals surface area contributed by atoms with Crippen LogP contribution >= 0.6 is 12.2 Å². The predicted octanol–water partition coefficient (Wildman–Crippen LogP) is -1.16. The molecule has 12 heteroatoms. The largest absolute Gasteiger partial charge is 0.458 e. The molecule has 0 saturated carbocycles. The first-order valence-electron chi connectivity index (χ1n) is 8.51. The number of alkyl halides is 1. The molecule has 6 N–H and O–H groups in total. The average molecular weight is 408 g/mol. The molecule has 1 aromatic rings. The van der Waals surface area contributed by atoms with E-state index in [1.165, 1.54) is 0 Å². The molecule has 1 aromatic heterocycles. The molecule has 0 aromatic carbocycles. The smallest absolute Gasteiger partial charge is 0.328 e. The van der Waals surface area contributed by atoms with Crippen molar-refractivity contribution in [1.82, 2.24) is 9.55 Å². The van der Waals surface area contributed by atoms with E-state index in [2.05, 4.69) is 4.98 Å². The zero-order valence-corrected chi connectivity index (χ0v) is 15.4. The maximum atomic E-state index is 15.1. The summed E-state index contributed by atoms with van der Waals surface area (Å²) in [5.41, 5.74) is 4.54. The van der Waals surface area contributed by atoms with Crippen molar-refractivity contribution in [3.05, 3.63) is 26.9 Å². The number of halogens is 1. The van der Waals surface area contributed by atoms with E-state index in [4.69, 9.17) is 28.8 Å². The van der Waals surface area contributed by atoms with Gasteiger partial charge in [-0.05, 0) is 5.92 Å². The molecule has 0 radical (unpaired) electrons. The van der Waals surface area contributed by atoms with Crippen molar-refractivity contribution in [3.63, 3.8) is 0 Å². The first-order valence-corrected chi connectivity index (χ1v) is 8.42. The summed E-state index contributed by atoms with van der Waals surface area (Å²) >= 11 is 4.84. The number of carbonyl (C=O) groups excluding carboxylic acids is 1. The molecule has 1 saturated heterocycles. The first-order chi connectivity index (χ1) is 12.9. The molecule has 2 rings (SSSR count). The Bertz CT molecular complexity index is 865. The van der Waals surface area contributed by atoms with E-state index in [1.54, 1.807) is 13.8 Å². The van der Waals surface area contributed by atoms with Gasteiger partial charge in [0, 0.05) is 11.8 Å². The number of aliphatic hydroxyl groups excluding tert-OH is 3. The second kappa shape index (κ2) is 8.12. The van der Waals surface area contributed by atoms with Gasteiger partial charge in [0.25, 0.3) is 5.85 Å². The third-order valence-electron chi connectivity index (χ3n) is 4.09. The molecule has 1 fully saturated rings. The van der Waals surface area contributed by atoms with Crippen LogP contribution in [0, 0.1) is 10.6 Å². The van der Waals surface area contributed by atoms with E-state index < -0.39 is 55.2 Å². The van der Waals surface area contributed by atoms with Crippen molar-refractivity contribution in [3.8, 4) is 0 Å². The Morgan fingerprint density at radius 1 is 1.63 bits per heavy atom. The third kappa shape index (κ3) is 4.25. The van der Waals surface area contributed by atoms with E-state index in [9.17, 15) is 24.9 Å². The molecule has 0 unspecified atom stereocenters. The number of esters is 1. The quantitative estimate of drug-likeness (QED) is 0.289. The maximum absolute atomic E-state index is 15.1. The minimum Gasteiger partial charge on any atom is -0.458 e. The fourth-order valence-corrected chi connectivity index (χ4v) is 2.50. The average Bonchev–Trinajstić information content (AvgIpc) is 2.80. The lowest BCUT2D eigenvalue weighted by atomic mass is 10.1. The summed E-state index contributed by atoms with van der Waals surface area (Å²) in [5, 5.41) is 29.5. The molecule has 1 aliphatic rings. The van der Waals surface area contributed by atoms with Crippen LogP contribution in [0.15, 0.2) is 11.0 Å². The monoisotopic (exact) mass is 408 g/mol. The van der Waals surface area contributed by atoms with Gasteiger partial charge in [-0.2, -0.15) is 0 Å². The van der Waals surface area contributed by atoms with Gasteiger partial charge in [0.1, 0.15) is 22.9 Å². The van der Waals surface area contributed by atoms with Gasteiger partial charge in [-0.1, -0.05) is 26.1 Å². The Hall–Kier alpha value is -1.70. The number of nitrogens with two attached hydrogens (primary N) is 1. The summed E-state index contributed by atoms with van der Waals surface area (Å²) in [6.07, 6.45) is -6.51. The number of aromatic nitrogens is 2. The minimum atomic E-state index is -3.20. The number of hydrogen-bond donors (Lipinski definition) is 5. The van der Waals surface area contributed by atoms with Crippen molar-refractivity contribution < 1.29 is 35.3 Å². The van der Waals surface area contributed by atoms with Gasteiger partial charge in [0.05, 0.1) is 7.98 Å². The summed E-state index contributed by atoms with van der Waals surface area (Å²) in [6.45, 7) is 1.49. The summed E-state index contributed by atoms with van der Waals surface area (Å²) < 4.78 is 33.2. The van der Waals surface area contributed by atoms with Crippen LogP contribution < -0.4 is 11.4 Å². The van der Waals surface area contributed by atoms with Crippen LogP contribution in [0.4, 0.5) is 4.39 Å². The van der Waals surface area contributed by atoms with Crippen LogP contribution in [0.5, 0.6) is 0 Å². The standard InChI is InChI=1S/C15H22FN3O7S/c1-6(2)8(17)13(23)25-5-15(16)10(22)9(21)12(26-15)19-3-7(4-20)11(27)18-14(19)24/h3,6,8-10,12,20-22H,4-5,17H2,1-2H3,(H,18,24,27)/t8-,9+,10-,12+,15+/m0/s1/i12D. The third-order valence-corrected chi connectivity index (χ3v) is 4.46. The number of nitrogens with one attached hydrogen (secondary N) is 1. The molecule has 27 heavy (non-hydrogen) atoms. The summed E-state index contributed by atoms with van der Waals surface area (Å²) in [6, 6.07) is -1.06. The zero-order valence-electron chi connectivity index (χ0n) is 15.6. The lowest BCUT2D eigenvalue weighted by Gasteiger charge is -2.24. The topological polar surface area (TPSA) is 160 Å². The number of H-pyrrole nitrogens is 1. The molecule has 1 aliphatic heterocycles. The first kappa shape index (κ1) is 20.0. The summed E-state index contributed by atoms with van der Waals surface area (Å²) in [7, 11) is 0.